The monoisotopic (exact) mass is 533 g/mol. The molecule has 4 aliphatic carbocycles. The van der Waals surface area contributed by atoms with Gasteiger partial charge in [-0.3, -0.25) is 9.80 Å². The van der Waals surface area contributed by atoms with E-state index < -0.39 is 0 Å². The van der Waals surface area contributed by atoms with Crippen LogP contribution in [0.15, 0.2) is 54.6 Å². The molecule has 0 atom stereocenters. The number of hydrogen-bond donors (Lipinski definition) is 0. The average Bonchev–Trinajstić information content (AvgIpc) is 3.21. The topological polar surface area (TPSA) is 11.4 Å². The lowest BCUT2D eigenvalue weighted by Crippen LogP contribution is -2.60. The first-order valence-corrected chi connectivity index (χ1v) is 15.0. The number of halogens is 2. The molecule has 4 saturated carbocycles. The molecule has 4 bridgehead atoms. The lowest BCUT2D eigenvalue weighted by Gasteiger charge is -2.58. The summed E-state index contributed by atoms with van der Waals surface area (Å²) >= 11 is 12.4. The lowest BCUT2D eigenvalue weighted by molar-refractivity contribution is -0.0769. The van der Waals surface area contributed by atoms with E-state index in [0.29, 0.717) is 0 Å². The van der Waals surface area contributed by atoms with E-state index in [1.165, 1.54) is 74.4 Å². The zero-order chi connectivity index (χ0) is 25.1. The molecule has 1 aromatic heterocycles. The quantitative estimate of drug-likeness (QED) is 0.332. The fraction of sp³-hybridized carbons (Fsp3) is 0.500. The third-order valence-corrected chi connectivity index (χ3v) is 10.5. The summed E-state index contributed by atoms with van der Waals surface area (Å²) in [5.41, 5.74) is 6.24. The van der Waals surface area contributed by atoms with Crippen molar-refractivity contribution in [3.8, 4) is 16.9 Å². The first-order valence-electron chi connectivity index (χ1n) is 14.2. The van der Waals surface area contributed by atoms with Crippen LogP contribution in [0.25, 0.3) is 16.9 Å². The van der Waals surface area contributed by atoms with Crippen LogP contribution in [-0.4, -0.2) is 46.6 Å². The van der Waals surface area contributed by atoms with Crippen molar-refractivity contribution in [3.05, 3.63) is 75.9 Å². The summed E-state index contributed by atoms with van der Waals surface area (Å²) < 4.78 is 2.37. The van der Waals surface area contributed by atoms with Crippen molar-refractivity contribution in [1.29, 1.82) is 0 Å². The molecule has 2 heterocycles. The van der Waals surface area contributed by atoms with Crippen LogP contribution < -0.4 is 0 Å². The maximum atomic E-state index is 6.22. The lowest BCUT2D eigenvalue weighted by atomic mass is 9.54. The van der Waals surface area contributed by atoms with Crippen LogP contribution in [0.3, 0.4) is 0 Å². The fourth-order valence-electron chi connectivity index (χ4n) is 8.53. The number of nitrogens with zero attached hydrogens (tertiary/aromatic N) is 3. The molecule has 1 saturated heterocycles. The highest BCUT2D eigenvalue weighted by Gasteiger charge is 2.50. The molecule has 5 fully saturated rings. The predicted molar refractivity (Wildman–Crippen MR) is 154 cm³/mol. The fourth-order valence-corrected chi connectivity index (χ4v) is 8.78. The summed E-state index contributed by atoms with van der Waals surface area (Å²) in [5, 5.41) is 1.53. The normalized spacial score (nSPS) is 29.8. The Labute approximate surface area is 231 Å². The second kappa shape index (κ2) is 9.75. The Hall–Kier alpha value is -1.78. The maximum Gasteiger partial charge on any atom is 0.0534 e. The van der Waals surface area contributed by atoms with Gasteiger partial charge in [0.2, 0.25) is 0 Å². The Kier molecular flexibility index (Phi) is 6.40. The van der Waals surface area contributed by atoms with Gasteiger partial charge in [-0.1, -0.05) is 35.3 Å². The largest absolute Gasteiger partial charge is 0.314 e. The van der Waals surface area contributed by atoms with Gasteiger partial charge in [0, 0.05) is 60.2 Å². The minimum atomic E-state index is 0.763. The van der Waals surface area contributed by atoms with Gasteiger partial charge in [0.15, 0.2) is 0 Å². The van der Waals surface area contributed by atoms with Crippen LogP contribution in [0.4, 0.5) is 0 Å². The summed E-state index contributed by atoms with van der Waals surface area (Å²) in [6, 6.07) is 19.6. The van der Waals surface area contributed by atoms with Crippen LogP contribution in [0, 0.1) is 30.6 Å². The van der Waals surface area contributed by atoms with Crippen molar-refractivity contribution in [1.82, 2.24) is 14.4 Å². The van der Waals surface area contributed by atoms with Gasteiger partial charge in [-0.15, -0.1) is 0 Å². The third-order valence-electron chi connectivity index (χ3n) is 9.98. The zero-order valence-corrected chi connectivity index (χ0v) is 23.3. The highest BCUT2D eigenvalue weighted by molar-refractivity contribution is 6.30. The number of aromatic nitrogens is 1. The number of hydrogen-bond acceptors (Lipinski definition) is 2. The van der Waals surface area contributed by atoms with Gasteiger partial charge in [-0.25, -0.2) is 0 Å². The maximum absolute atomic E-state index is 6.22. The van der Waals surface area contributed by atoms with Gasteiger partial charge < -0.3 is 4.57 Å². The molecule has 0 unspecified atom stereocenters. The molecule has 1 aliphatic heterocycles. The predicted octanol–water partition coefficient (Wildman–Crippen LogP) is 7.70. The van der Waals surface area contributed by atoms with Gasteiger partial charge in [0.05, 0.1) is 5.69 Å². The first kappa shape index (κ1) is 24.3. The van der Waals surface area contributed by atoms with E-state index in [2.05, 4.69) is 51.6 Å². The van der Waals surface area contributed by atoms with Crippen molar-refractivity contribution in [2.75, 3.05) is 26.2 Å². The van der Waals surface area contributed by atoms with Gasteiger partial charge in [-0.05, 0) is 116 Å². The molecular formula is C32H37Cl2N3. The summed E-state index contributed by atoms with van der Waals surface area (Å²) in [6.45, 7) is 8.06. The van der Waals surface area contributed by atoms with Gasteiger partial charge in [0.25, 0.3) is 0 Å². The third kappa shape index (κ3) is 4.56. The Morgan fingerprint density at radius 2 is 1.30 bits per heavy atom. The van der Waals surface area contributed by atoms with E-state index in [4.69, 9.17) is 23.2 Å². The highest BCUT2D eigenvalue weighted by Crippen LogP contribution is 2.55. The molecule has 2 aromatic carbocycles. The molecule has 5 heteroatoms. The molecule has 8 rings (SSSR count). The van der Waals surface area contributed by atoms with E-state index in [0.717, 1.165) is 52.0 Å². The van der Waals surface area contributed by atoms with Crippen LogP contribution in [0.2, 0.25) is 10.0 Å². The van der Waals surface area contributed by atoms with E-state index in [1.807, 2.05) is 24.3 Å². The number of benzene rings is 2. The van der Waals surface area contributed by atoms with Crippen molar-refractivity contribution in [2.24, 2.45) is 23.7 Å². The van der Waals surface area contributed by atoms with Crippen LogP contribution >= 0.6 is 23.2 Å². The highest BCUT2D eigenvalue weighted by atomic mass is 35.5. The summed E-state index contributed by atoms with van der Waals surface area (Å²) in [4.78, 5) is 5.57. The molecule has 37 heavy (non-hydrogen) atoms. The minimum absolute atomic E-state index is 0.763. The summed E-state index contributed by atoms with van der Waals surface area (Å²) in [5.74, 6) is 4.09. The van der Waals surface area contributed by atoms with E-state index >= 15 is 0 Å². The van der Waals surface area contributed by atoms with Crippen molar-refractivity contribution < 1.29 is 0 Å². The van der Waals surface area contributed by atoms with Gasteiger partial charge >= 0.3 is 0 Å². The zero-order valence-electron chi connectivity index (χ0n) is 21.8. The molecule has 0 spiro atoms. The average molecular weight is 535 g/mol. The van der Waals surface area contributed by atoms with Crippen molar-refractivity contribution in [3.63, 3.8) is 0 Å². The Morgan fingerprint density at radius 1 is 0.730 bits per heavy atom. The molecule has 3 aromatic rings. The molecule has 3 nitrogen and oxygen atoms in total. The van der Waals surface area contributed by atoms with Gasteiger partial charge in [-0.2, -0.15) is 0 Å². The first-order chi connectivity index (χ1) is 18.0. The molecule has 5 aliphatic rings. The van der Waals surface area contributed by atoms with Crippen molar-refractivity contribution in [2.45, 2.75) is 51.6 Å². The molecule has 0 amide bonds. The Balaban J connectivity index is 1.10. The second-order valence-electron chi connectivity index (χ2n) is 12.2. The van der Waals surface area contributed by atoms with Gasteiger partial charge in [0.1, 0.15) is 0 Å². The standard InChI is InChI=1S/C32H37Cl2N3/c1-21-27(19-31(24-2-4-28(33)5-3-24)37(21)30-8-6-29(34)7-9-30)20-35-10-12-36(13-11-35)32-25-15-22-14-23(17-25)18-26(32)16-22/h2-9,19,22-23,25-26,32H,10-18,20H2,1H3. The smallest absolute Gasteiger partial charge is 0.0534 e. The van der Waals surface area contributed by atoms with Crippen molar-refractivity contribution >= 4 is 23.2 Å². The van der Waals surface area contributed by atoms with Crippen LogP contribution in [-0.2, 0) is 6.54 Å². The molecular weight excluding hydrogens is 497 g/mol. The van der Waals surface area contributed by atoms with Crippen LogP contribution in [0.1, 0.15) is 43.4 Å². The number of rotatable bonds is 5. The van der Waals surface area contributed by atoms with Crippen LogP contribution in [0.5, 0.6) is 0 Å². The van der Waals surface area contributed by atoms with E-state index in [1.54, 1.807) is 6.42 Å². The Bertz CT molecular complexity index is 1230. The SMILES string of the molecule is Cc1c(CN2CCN(C3C4CC5CC(C4)CC3C5)CC2)cc(-c2ccc(Cl)cc2)n1-c1ccc(Cl)cc1. The minimum Gasteiger partial charge on any atom is -0.314 e. The molecule has 194 valence electrons. The second-order valence-corrected chi connectivity index (χ2v) is 13.1. The summed E-state index contributed by atoms with van der Waals surface area (Å²) in [7, 11) is 0. The number of piperazine rings is 1. The van der Waals surface area contributed by atoms with E-state index in [9.17, 15) is 0 Å². The molecule has 0 N–H and O–H groups in total. The Morgan fingerprint density at radius 3 is 1.89 bits per heavy atom. The summed E-state index contributed by atoms with van der Waals surface area (Å²) in [6.07, 6.45) is 7.61. The van der Waals surface area contributed by atoms with E-state index in [-0.39, 0.29) is 0 Å². The molecule has 0 radical (unpaired) electrons.